The van der Waals surface area contributed by atoms with Gasteiger partial charge in [-0.25, -0.2) is 9.59 Å². The van der Waals surface area contributed by atoms with Crippen LogP contribution >= 0.6 is 11.3 Å². The van der Waals surface area contributed by atoms with E-state index >= 15 is 0 Å². The minimum atomic E-state index is -0.801. The number of aryl methyl sites for hydroxylation is 1. The predicted molar refractivity (Wildman–Crippen MR) is 80.5 cm³/mol. The first kappa shape index (κ1) is 17.0. The Hall–Kier alpha value is -2.09. The number of hydrogen-bond donors (Lipinski definition) is 3. The molecule has 1 unspecified atom stereocenters. The Morgan fingerprint density at radius 2 is 2.05 bits per heavy atom. The third kappa shape index (κ3) is 4.75. The molecule has 1 heterocycles. The van der Waals surface area contributed by atoms with Crippen LogP contribution in [0.2, 0.25) is 0 Å². The van der Waals surface area contributed by atoms with Crippen molar-refractivity contribution in [2.24, 2.45) is 5.73 Å². The molecule has 21 heavy (non-hydrogen) atoms. The van der Waals surface area contributed by atoms with E-state index < -0.39 is 23.9 Å². The van der Waals surface area contributed by atoms with E-state index in [0.29, 0.717) is 10.6 Å². The predicted octanol–water partition coefficient (Wildman–Crippen LogP) is 1.48. The molecule has 1 rings (SSSR count). The van der Waals surface area contributed by atoms with Crippen molar-refractivity contribution in [3.63, 3.8) is 0 Å². The van der Waals surface area contributed by atoms with Gasteiger partial charge in [-0.15, -0.1) is 11.3 Å². The summed E-state index contributed by atoms with van der Waals surface area (Å²) in [5.41, 5.74) is 5.28. The van der Waals surface area contributed by atoms with Crippen molar-refractivity contribution in [1.82, 2.24) is 5.32 Å². The van der Waals surface area contributed by atoms with Crippen LogP contribution in [0.15, 0.2) is 6.07 Å². The standard InChI is InChI=1S/C13H19N3O4S/c1-4-8-6-9(12(18)20-5-2)11(21-8)16-10(17)7(3)15-13(14)19/h6-7H,4-5H2,1-3H3,(H,16,17)(H3,14,15,19). The zero-order chi connectivity index (χ0) is 16.0. The highest BCUT2D eigenvalue weighted by Gasteiger charge is 2.21. The minimum Gasteiger partial charge on any atom is -0.462 e. The van der Waals surface area contributed by atoms with Crippen molar-refractivity contribution in [1.29, 1.82) is 0 Å². The Labute approximate surface area is 126 Å². The molecule has 0 aliphatic carbocycles. The molecule has 116 valence electrons. The van der Waals surface area contributed by atoms with Crippen LogP contribution in [-0.4, -0.2) is 30.6 Å². The molecule has 7 nitrogen and oxygen atoms in total. The molecule has 0 aromatic carbocycles. The van der Waals surface area contributed by atoms with Crippen LogP contribution in [0.3, 0.4) is 0 Å². The lowest BCUT2D eigenvalue weighted by Gasteiger charge is -2.12. The van der Waals surface area contributed by atoms with Crippen LogP contribution in [0, 0.1) is 0 Å². The van der Waals surface area contributed by atoms with E-state index in [9.17, 15) is 14.4 Å². The summed E-state index contributed by atoms with van der Waals surface area (Å²) < 4.78 is 4.96. The summed E-state index contributed by atoms with van der Waals surface area (Å²) in [6.45, 7) is 5.41. The van der Waals surface area contributed by atoms with Crippen LogP contribution in [0.4, 0.5) is 9.80 Å². The number of amides is 3. The van der Waals surface area contributed by atoms with Gasteiger partial charge in [0.05, 0.1) is 12.2 Å². The maximum absolute atomic E-state index is 12.0. The van der Waals surface area contributed by atoms with Crippen LogP contribution in [0.1, 0.15) is 36.0 Å². The number of anilines is 1. The maximum atomic E-state index is 12.0. The van der Waals surface area contributed by atoms with Gasteiger partial charge in [-0.3, -0.25) is 4.79 Å². The number of nitrogens with two attached hydrogens (primary N) is 1. The monoisotopic (exact) mass is 313 g/mol. The van der Waals surface area contributed by atoms with Gasteiger partial charge < -0.3 is 21.1 Å². The van der Waals surface area contributed by atoms with Gasteiger partial charge in [0, 0.05) is 4.88 Å². The van der Waals surface area contributed by atoms with Gasteiger partial charge in [-0.1, -0.05) is 6.92 Å². The fourth-order valence-corrected chi connectivity index (χ4v) is 2.56. The first-order valence-electron chi connectivity index (χ1n) is 6.55. The number of nitrogens with one attached hydrogen (secondary N) is 2. The molecule has 0 saturated heterocycles. The Kier molecular flexibility index (Phi) is 6.16. The molecule has 0 saturated carbocycles. The van der Waals surface area contributed by atoms with Crippen LogP contribution < -0.4 is 16.4 Å². The highest BCUT2D eigenvalue weighted by molar-refractivity contribution is 7.16. The summed E-state index contributed by atoms with van der Waals surface area (Å²) in [5, 5.41) is 5.30. The molecule has 8 heteroatoms. The molecule has 1 aromatic heterocycles. The second-order valence-electron chi connectivity index (χ2n) is 4.25. The van der Waals surface area contributed by atoms with Crippen LogP contribution in [-0.2, 0) is 16.0 Å². The quantitative estimate of drug-likeness (QED) is 0.691. The summed E-state index contributed by atoms with van der Waals surface area (Å²) in [6, 6.07) is 0.109. The number of carbonyl (C=O) groups is 3. The van der Waals surface area contributed by atoms with Gasteiger partial charge in [-0.05, 0) is 26.3 Å². The van der Waals surface area contributed by atoms with Crippen molar-refractivity contribution < 1.29 is 19.1 Å². The van der Waals surface area contributed by atoms with E-state index in [1.807, 2.05) is 6.92 Å². The minimum absolute atomic E-state index is 0.253. The smallest absolute Gasteiger partial charge is 0.341 e. The number of hydrogen-bond acceptors (Lipinski definition) is 5. The Morgan fingerprint density at radius 1 is 1.38 bits per heavy atom. The van der Waals surface area contributed by atoms with Crippen molar-refractivity contribution in [3.8, 4) is 0 Å². The van der Waals surface area contributed by atoms with E-state index in [1.54, 1.807) is 13.0 Å². The molecule has 0 aliphatic rings. The fraction of sp³-hybridized carbons (Fsp3) is 0.462. The average molecular weight is 313 g/mol. The van der Waals surface area contributed by atoms with Gasteiger partial charge in [0.25, 0.3) is 0 Å². The molecule has 1 aromatic rings. The molecule has 4 N–H and O–H groups in total. The molecule has 0 fully saturated rings. The van der Waals surface area contributed by atoms with Gasteiger partial charge in [0.15, 0.2) is 0 Å². The zero-order valence-electron chi connectivity index (χ0n) is 12.2. The molecule has 1 atom stereocenters. The van der Waals surface area contributed by atoms with Gasteiger partial charge in [0.2, 0.25) is 5.91 Å². The summed E-state index contributed by atoms with van der Waals surface area (Å²) in [7, 11) is 0. The number of urea groups is 1. The van der Waals surface area contributed by atoms with Gasteiger partial charge in [-0.2, -0.15) is 0 Å². The SMILES string of the molecule is CCOC(=O)c1cc(CC)sc1NC(=O)C(C)NC(N)=O. The molecule has 0 radical (unpaired) electrons. The Balaban J connectivity index is 2.91. The number of primary amides is 1. The second kappa shape index (κ2) is 7.63. The number of esters is 1. The average Bonchev–Trinajstić information content (AvgIpc) is 2.81. The van der Waals surface area contributed by atoms with E-state index in [4.69, 9.17) is 10.5 Å². The summed E-state index contributed by atoms with van der Waals surface area (Å²) in [5.74, 6) is -0.942. The molecule has 0 spiro atoms. The van der Waals surface area contributed by atoms with E-state index in [2.05, 4.69) is 10.6 Å². The van der Waals surface area contributed by atoms with E-state index in [0.717, 1.165) is 11.3 Å². The highest BCUT2D eigenvalue weighted by Crippen LogP contribution is 2.29. The normalized spacial score (nSPS) is 11.6. The lowest BCUT2D eigenvalue weighted by molar-refractivity contribution is -0.117. The van der Waals surface area contributed by atoms with Crippen LogP contribution in [0.5, 0.6) is 0 Å². The summed E-state index contributed by atoms with van der Waals surface area (Å²) in [6.07, 6.45) is 0.738. The van der Waals surface area contributed by atoms with Crippen molar-refractivity contribution >= 4 is 34.2 Å². The van der Waals surface area contributed by atoms with Gasteiger partial charge >= 0.3 is 12.0 Å². The summed E-state index contributed by atoms with van der Waals surface area (Å²) >= 11 is 1.30. The first-order valence-corrected chi connectivity index (χ1v) is 7.37. The second-order valence-corrected chi connectivity index (χ2v) is 5.39. The van der Waals surface area contributed by atoms with E-state index in [-0.39, 0.29) is 6.61 Å². The zero-order valence-corrected chi connectivity index (χ0v) is 13.0. The Bertz CT molecular complexity index is 542. The molecular weight excluding hydrogens is 294 g/mol. The van der Waals surface area contributed by atoms with Crippen LogP contribution in [0.25, 0.3) is 0 Å². The number of thiophene rings is 1. The Morgan fingerprint density at radius 3 is 2.57 bits per heavy atom. The molecule has 0 aliphatic heterocycles. The molecule has 3 amide bonds. The largest absolute Gasteiger partial charge is 0.462 e. The summed E-state index contributed by atoms with van der Waals surface area (Å²) in [4.78, 5) is 35.5. The maximum Gasteiger partial charge on any atom is 0.341 e. The lowest BCUT2D eigenvalue weighted by atomic mass is 10.2. The number of rotatable bonds is 6. The van der Waals surface area contributed by atoms with Crippen molar-refractivity contribution in [3.05, 3.63) is 16.5 Å². The molecular formula is C13H19N3O4S. The first-order chi connectivity index (χ1) is 9.88. The third-order valence-corrected chi connectivity index (χ3v) is 3.81. The number of carbonyl (C=O) groups excluding carboxylic acids is 3. The van der Waals surface area contributed by atoms with Crippen molar-refractivity contribution in [2.45, 2.75) is 33.2 Å². The highest BCUT2D eigenvalue weighted by atomic mass is 32.1. The molecule has 0 bridgehead atoms. The van der Waals surface area contributed by atoms with Crippen molar-refractivity contribution in [2.75, 3.05) is 11.9 Å². The topological polar surface area (TPSA) is 111 Å². The fourth-order valence-electron chi connectivity index (χ4n) is 1.57. The van der Waals surface area contributed by atoms with E-state index in [1.165, 1.54) is 18.3 Å². The number of ether oxygens (including phenoxy) is 1. The lowest BCUT2D eigenvalue weighted by Crippen LogP contribution is -2.44. The third-order valence-electron chi connectivity index (χ3n) is 2.62. The van der Waals surface area contributed by atoms with Gasteiger partial charge in [0.1, 0.15) is 11.0 Å².